The van der Waals surface area contributed by atoms with Crippen molar-refractivity contribution < 1.29 is 29.3 Å². The van der Waals surface area contributed by atoms with E-state index in [9.17, 15) is 34.9 Å². The number of rotatable bonds is 6. The third kappa shape index (κ3) is 3.89. The van der Waals surface area contributed by atoms with E-state index >= 15 is 0 Å². The number of thioether (sulfide) groups is 1. The molecule has 1 rings (SSSR count). The van der Waals surface area contributed by atoms with Crippen LogP contribution in [0.2, 0.25) is 0 Å². The van der Waals surface area contributed by atoms with Crippen LogP contribution in [-0.4, -0.2) is 34.6 Å². The summed E-state index contributed by atoms with van der Waals surface area (Å²) in [7, 11) is 1.09. The average Bonchev–Trinajstić information content (AvgIpc) is 2.43. The minimum Gasteiger partial charge on any atom is -0.545 e. The van der Waals surface area contributed by atoms with Gasteiger partial charge in [-0.15, -0.1) is 11.8 Å². The molecule has 0 unspecified atom stereocenters. The van der Waals surface area contributed by atoms with E-state index in [4.69, 9.17) is 0 Å². The zero-order valence-corrected chi connectivity index (χ0v) is 11.2. The summed E-state index contributed by atoms with van der Waals surface area (Å²) >= 11 is 0.524. The quantitative estimate of drug-likeness (QED) is 0.308. The first-order valence-corrected chi connectivity index (χ1v) is 6.14. The summed E-state index contributed by atoms with van der Waals surface area (Å²) in [6, 6.07) is 1.26. The second-order valence-corrected chi connectivity index (χ2v) is 4.49. The maximum absolute atomic E-state index is 11.0. The summed E-state index contributed by atoms with van der Waals surface area (Å²) in [6.07, 6.45) is 0. The highest BCUT2D eigenvalue weighted by molar-refractivity contribution is 8.00. The number of carboxylic acid groups (broad SMARTS) is 1. The molecule has 0 amide bonds. The highest BCUT2D eigenvalue weighted by Gasteiger charge is 2.25. The maximum Gasteiger partial charge on any atom is 0.315 e. The normalized spacial score (nSPS) is 9.95. The Kier molecular flexibility index (Phi) is 5.18. The van der Waals surface area contributed by atoms with E-state index in [0.29, 0.717) is 23.9 Å². The molecule has 0 aliphatic heterocycles. The van der Waals surface area contributed by atoms with Gasteiger partial charge in [-0.2, -0.15) is 0 Å². The molecule has 0 fully saturated rings. The maximum atomic E-state index is 11.0. The summed E-state index contributed by atoms with van der Waals surface area (Å²) in [5.41, 5.74) is -2.29. The number of non-ortho nitro benzene ring substituents is 1. The number of aromatic carboxylic acids is 1. The van der Waals surface area contributed by atoms with Crippen molar-refractivity contribution in [3.63, 3.8) is 0 Å². The Morgan fingerprint density at radius 1 is 1.24 bits per heavy atom. The molecule has 0 spiro atoms. The number of hydrogen-bond donors (Lipinski definition) is 0. The molecule has 0 N–H and O–H groups in total. The number of benzene rings is 1. The van der Waals surface area contributed by atoms with Crippen LogP contribution >= 0.6 is 11.8 Å². The Labute approximate surface area is 121 Å². The number of esters is 1. The van der Waals surface area contributed by atoms with Crippen molar-refractivity contribution >= 4 is 35.1 Å². The molecule has 0 saturated carbocycles. The molecule has 112 valence electrons. The van der Waals surface area contributed by atoms with Crippen molar-refractivity contribution in [3.8, 4) is 0 Å². The third-order valence-corrected chi connectivity index (χ3v) is 3.34. The van der Waals surface area contributed by atoms with Crippen molar-refractivity contribution in [2.75, 3.05) is 12.9 Å². The van der Waals surface area contributed by atoms with Crippen LogP contribution in [0.3, 0.4) is 0 Å². The Bertz CT molecular complexity index is 594. The number of hydrogen-bond acceptors (Lipinski definition) is 9. The van der Waals surface area contributed by atoms with E-state index < -0.39 is 49.4 Å². The second-order valence-electron chi connectivity index (χ2n) is 3.51. The first-order chi connectivity index (χ1) is 9.77. The monoisotopic (exact) mass is 315 g/mol. The Hall–Kier alpha value is -2.69. The van der Waals surface area contributed by atoms with Crippen LogP contribution in [0.25, 0.3) is 0 Å². The number of carbonyl (C=O) groups is 2. The fraction of sp³-hybridized carbons (Fsp3) is 0.200. The van der Waals surface area contributed by atoms with E-state index in [2.05, 4.69) is 4.74 Å². The van der Waals surface area contributed by atoms with Crippen LogP contribution in [0.1, 0.15) is 10.4 Å². The molecule has 0 aromatic heterocycles. The Balaban J connectivity index is 3.42. The Morgan fingerprint density at radius 3 is 2.29 bits per heavy atom. The summed E-state index contributed by atoms with van der Waals surface area (Å²) < 4.78 is 4.33. The number of methoxy groups -OCH3 is 1. The van der Waals surface area contributed by atoms with Crippen LogP contribution in [0.4, 0.5) is 11.4 Å². The average molecular weight is 315 g/mol. The van der Waals surface area contributed by atoms with Gasteiger partial charge in [0, 0.05) is 11.6 Å². The van der Waals surface area contributed by atoms with Crippen LogP contribution in [0.15, 0.2) is 17.0 Å². The second kappa shape index (κ2) is 6.65. The molecular formula is C10H7N2O8S-. The molecule has 0 bridgehead atoms. The van der Waals surface area contributed by atoms with Crippen molar-refractivity contribution in [2.45, 2.75) is 4.90 Å². The zero-order chi connectivity index (χ0) is 16.2. The van der Waals surface area contributed by atoms with E-state index in [-0.39, 0.29) is 0 Å². The molecule has 1 aromatic rings. The first-order valence-electron chi connectivity index (χ1n) is 5.15. The van der Waals surface area contributed by atoms with Gasteiger partial charge in [0.2, 0.25) is 0 Å². The first kappa shape index (κ1) is 16.4. The fourth-order valence-corrected chi connectivity index (χ4v) is 2.29. The third-order valence-electron chi connectivity index (χ3n) is 2.24. The lowest BCUT2D eigenvalue weighted by Gasteiger charge is -2.10. The van der Waals surface area contributed by atoms with E-state index in [1.165, 1.54) is 0 Å². The molecule has 11 heteroatoms. The van der Waals surface area contributed by atoms with Gasteiger partial charge in [-0.3, -0.25) is 25.0 Å². The van der Waals surface area contributed by atoms with Gasteiger partial charge >= 0.3 is 5.97 Å². The van der Waals surface area contributed by atoms with E-state index in [1.807, 2.05) is 0 Å². The van der Waals surface area contributed by atoms with Crippen molar-refractivity contribution in [1.29, 1.82) is 0 Å². The summed E-state index contributed by atoms with van der Waals surface area (Å²) in [4.78, 5) is 41.3. The smallest absolute Gasteiger partial charge is 0.315 e. The highest BCUT2D eigenvalue weighted by atomic mass is 32.2. The van der Waals surface area contributed by atoms with Crippen LogP contribution in [-0.2, 0) is 9.53 Å². The number of nitrogens with zero attached hydrogens (tertiary/aromatic N) is 2. The lowest BCUT2D eigenvalue weighted by molar-refractivity contribution is -0.396. The van der Waals surface area contributed by atoms with Crippen molar-refractivity contribution in [3.05, 3.63) is 37.9 Å². The lowest BCUT2D eigenvalue weighted by atomic mass is 10.1. The molecule has 0 aliphatic rings. The molecule has 10 nitrogen and oxygen atoms in total. The molecule has 0 radical (unpaired) electrons. The van der Waals surface area contributed by atoms with Gasteiger partial charge in [0.15, 0.2) is 0 Å². The molecule has 21 heavy (non-hydrogen) atoms. The fourth-order valence-electron chi connectivity index (χ4n) is 1.33. The number of nitro groups is 2. The number of nitro benzene ring substituents is 2. The molecule has 0 atom stereocenters. The minimum atomic E-state index is -1.82. The van der Waals surface area contributed by atoms with Crippen LogP contribution in [0.5, 0.6) is 0 Å². The SMILES string of the molecule is COC(=O)CSc1c(C(=O)[O-])cc([N+](=O)[O-])cc1[N+](=O)[O-]. The van der Waals surface area contributed by atoms with Crippen LogP contribution < -0.4 is 5.11 Å². The lowest BCUT2D eigenvalue weighted by Crippen LogP contribution is -2.23. The van der Waals surface area contributed by atoms with Gasteiger partial charge in [-0.25, -0.2) is 0 Å². The summed E-state index contributed by atoms with van der Waals surface area (Å²) in [5.74, 6) is -2.96. The number of carboxylic acids is 1. The van der Waals surface area contributed by atoms with E-state index in [1.54, 1.807) is 0 Å². The standard InChI is InChI=1S/C10H8N2O8S/c1-20-8(13)4-21-9-6(10(14)15)2-5(11(16)17)3-7(9)12(18)19/h2-3H,4H2,1H3,(H,14,15)/p-1. The zero-order valence-electron chi connectivity index (χ0n) is 10.4. The molecule has 0 heterocycles. The molecule has 0 saturated heterocycles. The number of ether oxygens (including phenoxy) is 1. The van der Waals surface area contributed by atoms with Gasteiger partial charge in [0.1, 0.15) is 0 Å². The molecular weight excluding hydrogens is 308 g/mol. The minimum absolute atomic E-state index is 0.393. The van der Waals surface area contributed by atoms with E-state index in [0.717, 1.165) is 7.11 Å². The number of carbonyl (C=O) groups excluding carboxylic acids is 2. The summed E-state index contributed by atoms with van der Waals surface area (Å²) in [6.45, 7) is 0. The van der Waals surface area contributed by atoms with Gasteiger partial charge in [0.25, 0.3) is 11.4 Å². The van der Waals surface area contributed by atoms with Crippen molar-refractivity contribution in [2.24, 2.45) is 0 Å². The summed E-state index contributed by atoms with van der Waals surface area (Å²) in [5, 5.41) is 32.6. The van der Waals surface area contributed by atoms with Gasteiger partial charge in [-0.05, 0) is 0 Å². The predicted molar refractivity (Wildman–Crippen MR) is 66.8 cm³/mol. The van der Waals surface area contributed by atoms with Crippen LogP contribution in [0, 0.1) is 20.2 Å². The Morgan fingerprint density at radius 2 is 1.86 bits per heavy atom. The molecule has 0 aliphatic carbocycles. The molecule has 1 aromatic carbocycles. The van der Waals surface area contributed by atoms with Gasteiger partial charge in [-0.1, -0.05) is 0 Å². The largest absolute Gasteiger partial charge is 0.545 e. The predicted octanol–water partition coefficient (Wildman–Crippen LogP) is 0.132. The van der Waals surface area contributed by atoms with Gasteiger partial charge in [0.05, 0.1) is 39.6 Å². The van der Waals surface area contributed by atoms with Crippen molar-refractivity contribution in [1.82, 2.24) is 0 Å². The highest BCUT2D eigenvalue weighted by Crippen LogP contribution is 2.36. The van der Waals surface area contributed by atoms with Gasteiger partial charge < -0.3 is 14.6 Å². The topological polar surface area (TPSA) is 153 Å².